The summed E-state index contributed by atoms with van der Waals surface area (Å²) < 4.78 is 6.96. The first-order valence-electron chi connectivity index (χ1n) is 11.8. The molecule has 35 heavy (non-hydrogen) atoms. The number of carboxylic acids is 1. The van der Waals surface area contributed by atoms with Crippen LogP contribution in [0.2, 0.25) is 5.02 Å². The number of unbranched alkanes of at least 4 members (excludes halogenated alkanes) is 1. The molecule has 1 aromatic heterocycles. The fourth-order valence-electron chi connectivity index (χ4n) is 4.59. The van der Waals surface area contributed by atoms with Crippen molar-refractivity contribution in [1.29, 1.82) is 0 Å². The molecule has 192 valence electrons. The van der Waals surface area contributed by atoms with Gasteiger partial charge in [0.15, 0.2) is 5.82 Å². The van der Waals surface area contributed by atoms with E-state index in [-0.39, 0.29) is 37.2 Å². The number of aliphatic carboxylic acids is 1. The van der Waals surface area contributed by atoms with E-state index >= 15 is 0 Å². The van der Waals surface area contributed by atoms with Crippen LogP contribution in [-0.2, 0) is 16.1 Å². The van der Waals surface area contributed by atoms with Gasteiger partial charge < -0.3 is 29.3 Å². The molecule has 2 amide bonds. The van der Waals surface area contributed by atoms with Gasteiger partial charge in [-0.05, 0) is 37.3 Å². The second kappa shape index (κ2) is 11.7. The van der Waals surface area contributed by atoms with Crippen LogP contribution in [-0.4, -0.2) is 86.9 Å². The van der Waals surface area contributed by atoms with E-state index in [9.17, 15) is 24.6 Å². The van der Waals surface area contributed by atoms with Crippen molar-refractivity contribution in [2.45, 2.75) is 45.7 Å². The monoisotopic (exact) mass is 508 g/mol. The summed E-state index contributed by atoms with van der Waals surface area (Å²) in [6.07, 6.45) is 0.508. The van der Waals surface area contributed by atoms with Crippen molar-refractivity contribution in [1.82, 2.24) is 19.4 Å². The zero-order valence-corrected chi connectivity index (χ0v) is 21.1. The Hall–Kier alpha value is -2.85. The van der Waals surface area contributed by atoms with Crippen LogP contribution in [0.3, 0.4) is 0 Å². The third kappa shape index (κ3) is 6.24. The Morgan fingerprint density at radius 2 is 1.97 bits per heavy atom. The van der Waals surface area contributed by atoms with E-state index < -0.39 is 24.0 Å². The van der Waals surface area contributed by atoms with E-state index in [0.29, 0.717) is 35.8 Å². The van der Waals surface area contributed by atoms with Gasteiger partial charge in [-0.3, -0.25) is 9.59 Å². The Labute approximate surface area is 209 Å². The van der Waals surface area contributed by atoms with Gasteiger partial charge in [0, 0.05) is 39.9 Å². The smallest absolute Gasteiger partial charge is 0.407 e. The Kier molecular flexibility index (Phi) is 8.96. The Morgan fingerprint density at radius 3 is 2.60 bits per heavy atom. The summed E-state index contributed by atoms with van der Waals surface area (Å²) in [7, 11) is 1.64. The minimum atomic E-state index is -1.20. The van der Waals surface area contributed by atoms with Crippen molar-refractivity contribution in [3.8, 4) is 0 Å². The lowest BCUT2D eigenvalue weighted by atomic mass is 9.92. The lowest BCUT2D eigenvalue weighted by Gasteiger charge is -2.41. The molecule has 2 atom stereocenters. The molecular formula is C24H33ClN4O6. The zero-order chi connectivity index (χ0) is 25.7. The highest BCUT2D eigenvalue weighted by molar-refractivity contribution is 6.35. The van der Waals surface area contributed by atoms with E-state index in [2.05, 4.69) is 4.98 Å². The number of aryl methyl sites for hydroxylation is 1. The molecule has 1 aliphatic rings. The molecule has 0 aliphatic carbocycles. The number of ether oxygens (including phenoxy) is 1. The highest BCUT2D eigenvalue weighted by Gasteiger charge is 2.39. The van der Waals surface area contributed by atoms with Gasteiger partial charge in [0.2, 0.25) is 0 Å². The predicted octanol–water partition coefficient (Wildman–Crippen LogP) is 3.67. The maximum absolute atomic E-state index is 14.0. The Bertz CT molecular complexity index is 1050. The van der Waals surface area contributed by atoms with Crippen LogP contribution < -0.4 is 0 Å². The van der Waals surface area contributed by atoms with Crippen molar-refractivity contribution >= 4 is 40.6 Å². The van der Waals surface area contributed by atoms with Gasteiger partial charge in [0.05, 0.1) is 28.0 Å². The van der Waals surface area contributed by atoms with Crippen LogP contribution in [0.25, 0.3) is 11.0 Å². The number of carbonyl (C=O) groups is 3. The number of hydrogen-bond acceptors (Lipinski definition) is 5. The number of rotatable bonds is 10. The number of carbonyl (C=O) groups excluding carboxylic acids is 1. The van der Waals surface area contributed by atoms with Crippen molar-refractivity contribution in [3.63, 3.8) is 0 Å². The summed E-state index contributed by atoms with van der Waals surface area (Å²) in [4.78, 5) is 44.8. The van der Waals surface area contributed by atoms with Crippen LogP contribution in [0.5, 0.6) is 0 Å². The fourth-order valence-corrected chi connectivity index (χ4v) is 4.86. The van der Waals surface area contributed by atoms with Crippen LogP contribution in [0.15, 0.2) is 18.2 Å². The van der Waals surface area contributed by atoms with Crippen molar-refractivity contribution in [2.24, 2.45) is 11.8 Å². The van der Waals surface area contributed by atoms with Gasteiger partial charge >= 0.3 is 12.1 Å². The molecule has 2 heterocycles. The molecule has 1 saturated heterocycles. The number of halogens is 1. The van der Waals surface area contributed by atoms with Gasteiger partial charge in [0.1, 0.15) is 0 Å². The molecule has 10 nitrogen and oxygen atoms in total. The van der Waals surface area contributed by atoms with Crippen LogP contribution >= 0.6 is 11.6 Å². The molecule has 11 heteroatoms. The van der Waals surface area contributed by atoms with E-state index in [4.69, 9.17) is 16.3 Å². The number of likely N-dealkylation sites (tertiary alicyclic amines) is 1. The summed E-state index contributed by atoms with van der Waals surface area (Å²) in [5.41, 5.74) is 1.26. The minimum Gasteiger partial charge on any atom is -0.481 e. The number of methoxy groups -OCH3 is 1. The zero-order valence-electron chi connectivity index (χ0n) is 20.3. The Morgan fingerprint density at radius 1 is 1.23 bits per heavy atom. The predicted molar refractivity (Wildman–Crippen MR) is 131 cm³/mol. The highest BCUT2D eigenvalue weighted by atomic mass is 35.5. The molecule has 2 aromatic rings. The fraction of sp³-hybridized carbons (Fsp3) is 0.583. The Balaban J connectivity index is 2.02. The second-order valence-electron chi connectivity index (χ2n) is 9.36. The number of benzene rings is 1. The normalized spacial score (nSPS) is 18.3. The largest absolute Gasteiger partial charge is 0.481 e. The third-order valence-electron chi connectivity index (χ3n) is 6.20. The summed E-state index contributed by atoms with van der Waals surface area (Å²) in [5.74, 6) is -2.04. The molecule has 3 rings (SSSR count). The number of imidazole rings is 1. The number of para-hydroxylation sites is 1. The van der Waals surface area contributed by atoms with Crippen molar-refractivity contribution in [3.05, 3.63) is 29.0 Å². The van der Waals surface area contributed by atoms with Crippen LogP contribution in [0, 0.1) is 11.8 Å². The van der Waals surface area contributed by atoms with Crippen LogP contribution in [0.1, 0.15) is 43.7 Å². The molecular weight excluding hydrogens is 476 g/mol. The molecule has 0 unspecified atom stereocenters. The number of hydrogen-bond donors (Lipinski definition) is 2. The van der Waals surface area contributed by atoms with Gasteiger partial charge in [-0.15, -0.1) is 0 Å². The summed E-state index contributed by atoms with van der Waals surface area (Å²) >= 11 is 6.49. The molecule has 1 fully saturated rings. The minimum absolute atomic E-state index is 0.0480. The first-order chi connectivity index (χ1) is 16.6. The number of aromatic nitrogens is 2. The van der Waals surface area contributed by atoms with Gasteiger partial charge in [-0.2, -0.15) is 0 Å². The van der Waals surface area contributed by atoms with Crippen LogP contribution in [0.4, 0.5) is 4.79 Å². The average molecular weight is 509 g/mol. The highest BCUT2D eigenvalue weighted by Crippen LogP contribution is 2.28. The molecule has 0 radical (unpaired) electrons. The van der Waals surface area contributed by atoms with E-state index in [1.807, 2.05) is 18.4 Å². The first-order valence-corrected chi connectivity index (χ1v) is 12.2. The van der Waals surface area contributed by atoms with E-state index in [0.717, 1.165) is 17.7 Å². The van der Waals surface area contributed by atoms with E-state index in [1.54, 1.807) is 30.2 Å². The second-order valence-corrected chi connectivity index (χ2v) is 9.77. The number of nitrogens with zero attached hydrogens (tertiary/aromatic N) is 4. The molecule has 2 N–H and O–H groups in total. The number of amides is 2. The first kappa shape index (κ1) is 26.7. The van der Waals surface area contributed by atoms with E-state index in [1.165, 1.54) is 0 Å². The summed E-state index contributed by atoms with van der Waals surface area (Å²) in [6, 6.07) is 4.73. The van der Waals surface area contributed by atoms with Gasteiger partial charge in [0.25, 0.3) is 5.91 Å². The SMILES string of the molecule is COCCCCn1c(C(=O)N(CC(C)C)[C@H]2C[C@@H](C(=O)O)CN(C(=O)O)C2)nc2cccc(Cl)c21. The lowest BCUT2D eigenvalue weighted by Crippen LogP contribution is -2.56. The van der Waals surface area contributed by atoms with Gasteiger partial charge in [-0.1, -0.05) is 31.5 Å². The maximum atomic E-state index is 14.0. The third-order valence-corrected chi connectivity index (χ3v) is 6.51. The molecule has 1 aliphatic heterocycles. The molecule has 0 spiro atoms. The quantitative estimate of drug-likeness (QED) is 0.469. The topological polar surface area (TPSA) is 125 Å². The van der Waals surface area contributed by atoms with Gasteiger partial charge in [-0.25, -0.2) is 9.78 Å². The number of fused-ring (bicyclic) bond motifs is 1. The summed E-state index contributed by atoms with van der Waals surface area (Å²) in [5, 5.41) is 19.7. The molecule has 0 saturated carbocycles. The maximum Gasteiger partial charge on any atom is 0.407 e. The van der Waals surface area contributed by atoms with Crippen molar-refractivity contribution in [2.75, 3.05) is 33.4 Å². The molecule has 1 aromatic carbocycles. The lowest BCUT2D eigenvalue weighted by molar-refractivity contribution is -0.144. The summed E-state index contributed by atoms with van der Waals surface area (Å²) in [6.45, 7) is 5.29. The van der Waals surface area contributed by atoms with Crippen molar-refractivity contribution < 1.29 is 29.3 Å². The number of carboxylic acid groups (broad SMARTS) is 2. The molecule has 0 bridgehead atoms. The average Bonchev–Trinajstić information content (AvgIpc) is 3.19. The standard InChI is InChI=1S/C24H33ClN4O6/c1-15(2)12-29(17-11-16(23(31)32)13-27(14-17)24(33)34)22(30)21-26-19-8-6-7-18(25)20(19)28(21)9-4-5-10-35-3/h6-8,15-17H,4-5,9-14H2,1-3H3,(H,31,32)(H,33,34)/t16-,17+/m1/s1. The number of piperidine rings is 1.